The number of hydrogen-bond acceptors (Lipinski definition) is 7. The Morgan fingerprint density at radius 1 is 1.16 bits per heavy atom. The second-order valence-electron chi connectivity index (χ2n) is 9.11. The van der Waals surface area contributed by atoms with E-state index in [1.807, 2.05) is 6.07 Å². The van der Waals surface area contributed by atoms with Crippen molar-refractivity contribution in [2.24, 2.45) is 11.3 Å². The van der Waals surface area contributed by atoms with Gasteiger partial charge in [-0.2, -0.15) is 4.98 Å². The normalized spacial score (nSPS) is 14.8. The third kappa shape index (κ3) is 6.26. The highest BCUT2D eigenvalue weighted by Crippen LogP contribution is 2.34. The van der Waals surface area contributed by atoms with Crippen molar-refractivity contribution < 1.29 is 14.3 Å². The Labute approximate surface area is 190 Å². The maximum absolute atomic E-state index is 12.2. The predicted molar refractivity (Wildman–Crippen MR) is 126 cm³/mol. The molecule has 0 aliphatic carbocycles. The SMILES string of the molecule is COc1cc2nc(N3CCC(CC(=O)NCC(C)(C)C)CC3)nc(N)c2cc1OC.Cl. The molecule has 1 aliphatic heterocycles. The van der Waals surface area contributed by atoms with Gasteiger partial charge in [0, 0.05) is 37.5 Å². The molecule has 1 aliphatic rings. The molecule has 1 amide bonds. The summed E-state index contributed by atoms with van der Waals surface area (Å²) in [4.78, 5) is 23.6. The first-order valence-corrected chi connectivity index (χ1v) is 10.4. The molecule has 0 spiro atoms. The summed E-state index contributed by atoms with van der Waals surface area (Å²) in [6, 6.07) is 3.62. The molecule has 2 aromatic rings. The molecule has 8 nitrogen and oxygen atoms in total. The summed E-state index contributed by atoms with van der Waals surface area (Å²) in [5.74, 6) is 2.74. The lowest BCUT2D eigenvalue weighted by atomic mass is 9.92. The Morgan fingerprint density at radius 2 is 1.77 bits per heavy atom. The van der Waals surface area contributed by atoms with E-state index in [-0.39, 0.29) is 23.7 Å². The molecule has 0 unspecified atom stereocenters. The molecule has 1 aromatic heterocycles. The first kappa shape index (κ1) is 24.8. The quantitative estimate of drug-likeness (QED) is 0.693. The summed E-state index contributed by atoms with van der Waals surface area (Å²) in [6.45, 7) is 8.65. The van der Waals surface area contributed by atoms with Crippen LogP contribution < -0.4 is 25.4 Å². The van der Waals surface area contributed by atoms with Crippen molar-refractivity contribution in [1.82, 2.24) is 15.3 Å². The Hall–Kier alpha value is -2.48. The summed E-state index contributed by atoms with van der Waals surface area (Å²) in [5, 5.41) is 3.78. The van der Waals surface area contributed by atoms with Crippen molar-refractivity contribution in [2.45, 2.75) is 40.0 Å². The predicted octanol–water partition coefficient (Wildman–Crippen LogP) is 3.42. The van der Waals surface area contributed by atoms with Crippen molar-refractivity contribution >= 4 is 41.0 Å². The van der Waals surface area contributed by atoms with Crippen LogP contribution in [0.5, 0.6) is 11.5 Å². The summed E-state index contributed by atoms with van der Waals surface area (Å²) < 4.78 is 10.7. The second-order valence-corrected chi connectivity index (χ2v) is 9.11. The van der Waals surface area contributed by atoms with Crippen LogP contribution in [0.1, 0.15) is 40.0 Å². The topological polar surface area (TPSA) is 103 Å². The molecule has 3 N–H and O–H groups in total. The van der Waals surface area contributed by atoms with Gasteiger partial charge in [0.1, 0.15) is 5.82 Å². The van der Waals surface area contributed by atoms with Crippen LogP contribution in [0.4, 0.5) is 11.8 Å². The molecule has 2 heterocycles. The molecule has 31 heavy (non-hydrogen) atoms. The molecule has 1 saturated heterocycles. The number of carbonyl (C=O) groups is 1. The number of rotatable bonds is 6. The molecule has 1 aromatic carbocycles. The van der Waals surface area contributed by atoms with E-state index in [0.717, 1.165) is 36.8 Å². The van der Waals surface area contributed by atoms with Gasteiger partial charge in [0.2, 0.25) is 11.9 Å². The van der Waals surface area contributed by atoms with Crippen molar-refractivity contribution in [3.63, 3.8) is 0 Å². The minimum Gasteiger partial charge on any atom is -0.493 e. The minimum atomic E-state index is 0. The zero-order valence-electron chi connectivity index (χ0n) is 19.0. The largest absolute Gasteiger partial charge is 0.493 e. The Balaban J connectivity index is 0.00000341. The van der Waals surface area contributed by atoms with E-state index in [4.69, 9.17) is 20.2 Å². The van der Waals surface area contributed by atoms with Gasteiger partial charge in [0.25, 0.3) is 0 Å². The number of halogens is 1. The number of fused-ring (bicyclic) bond motifs is 1. The number of anilines is 2. The zero-order chi connectivity index (χ0) is 21.9. The maximum atomic E-state index is 12.2. The molecule has 0 atom stereocenters. The van der Waals surface area contributed by atoms with Gasteiger partial charge in [-0.05, 0) is 30.2 Å². The van der Waals surface area contributed by atoms with Crippen LogP contribution in [0.2, 0.25) is 0 Å². The number of methoxy groups -OCH3 is 2. The second kappa shape index (κ2) is 10.2. The van der Waals surface area contributed by atoms with E-state index in [1.54, 1.807) is 20.3 Å². The Morgan fingerprint density at radius 3 is 2.35 bits per heavy atom. The number of nitrogen functional groups attached to an aromatic ring is 1. The third-order valence-corrected chi connectivity index (χ3v) is 5.41. The maximum Gasteiger partial charge on any atom is 0.227 e. The van der Waals surface area contributed by atoms with Crippen LogP contribution in [0.15, 0.2) is 12.1 Å². The van der Waals surface area contributed by atoms with Gasteiger partial charge in [-0.15, -0.1) is 12.4 Å². The molecule has 0 saturated carbocycles. The van der Waals surface area contributed by atoms with Crippen LogP contribution in [0.25, 0.3) is 10.9 Å². The van der Waals surface area contributed by atoms with Crippen molar-refractivity contribution in [3.8, 4) is 11.5 Å². The van der Waals surface area contributed by atoms with E-state index in [0.29, 0.717) is 42.1 Å². The standard InChI is InChI=1S/C22H33N5O3.ClH/c1-22(2,3)13-24-19(28)10-14-6-8-27(9-7-14)21-25-16-12-18(30-5)17(29-4)11-15(16)20(23)26-21;/h11-12,14H,6-10,13H2,1-5H3,(H,24,28)(H2,23,25,26);1H. The van der Waals surface area contributed by atoms with Gasteiger partial charge < -0.3 is 25.4 Å². The van der Waals surface area contributed by atoms with Crippen molar-refractivity contribution in [3.05, 3.63) is 12.1 Å². The summed E-state index contributed by atoms with van der Waals surface area (Å²) in [6.07, 6.45) is 2.42. The molecule has 3 rings (SSSR count). The third-order valence-electron chi connectivity index (χ3n) is 5.41. The number of hydrogen-bond donors (Lipinski definition) is 2. The minimum absolute atomic E-state index is 0. The van der Waals surface area contributed by atoms with E-state index < -0.39 is 0 Å². The molecule has 1 fully saturated rings. The highest BCUT2D eigenvalue weighted by atomic mass is 35.5. The number of ether oxygens (including phenoxy) is 2. The van der Waals surface area contributed by atoms with Crippen molar-refractivity contribution in [1.29, 1.82) is 0 Å². The number of nitrogens with one attached hydrogen (secondary N) is 1. The number of carbonyl (C=O) groups excluding carboxylic acids is 1. The summed E-state index contributed by atoms with van der Waals surface area (Å²) >= 11 is 0. The van der Waals surface area contributed by atoms with Crippen LogP contribution in [0, 0.1) is 11.3 Å². The van der Waals surface area contributed by atoms with E-state index in [9.17, 15) is 4.79 Å². The molecule has 0 radical (unpaired) electrons. The number of amides is 1. The van der Waals surface area contributed by atoms with E-state index >= 15 is 0 Å². The smallest absolute Gasteiger partial charge is 0.227 e. The van der Waals surface area contributed by atoms with Gasteiger partial charge in [-0.3, -0.25) is 4.79 Å². The lowest BCUT2D eigenvalue weighted by molar-refractivity contribution is -0.122. The highest BCUT2D eigenvalue weighted by Gasteiger charge is 2.24. The van der Waals surface area contributed by atoms with Crippen LogP contribution in [0.3, 0.4) is 0 Å². The molecular weight excluding hydrogens is 418 g/mol. The fourth-order valence-corrected chi connectivity index (χ4v) is 3.64. The first-order chi connectivity index (χ1) is 14.2. The molecule has 172 valence electrons. The number of aromatic nitrogens is 2. The Kier molecular flexibility index (Phi) is 8.17. The number of piperidine rings is 1. The first-order valence-electron chi connectivity index (χ1n) is 10.4. The fourth-order valence-electron chi connectivity index (χ4n) is 3.64. The van der Waals surface area contributed by atoms with Crippen LogP contribution >= 0.6 is 12.4 Å². The Bertz CT molecular complexity index is 908. The van der Waals surface area contributed by atoms with Gasteiger partial charge in [0.05, 0.1) is 19.7 Å². The molecular formula is C22H34ClN5O3. The van der Waals surface area contributed by atoms with Crippen LogP contribution in [-0.2, 0) is 4.79 Å². The van der Waals surface area contributed by atoms with E-state index in [2.05, 4.69) is 36.0 Å². The number of benzene rings is 1. The van der Waals surface area contributed by atoms with Gasteiger partial charge >= 0.3 is 0 Å². The molecule has 0 bridgehead atoms. The summed E-state index contributed by atoms with van der Waals surface area (Å²) in [5.41, 5.74) is 7.03. The summed E-state index contributed by atoms with van der Waals surface area (Å²) in [7, 11) is 3.18. The number of nitrogens with two attached hydrogens (primary N) is 1. The average Bonchev–Trinajstić information content (AvgIpc) is 2.71. The van der Waals surface area contributed by atoms with Gasteiger partial charge in [-0.1, -0.05) is 20.8 Å². The number of nitrogens with zero attached hydrogens (tertiary/aromatic N) is 3. The monoisotopic (exact) mass is 451 g/mol. The average molecular weight is 452 g/mol. The van der Waals surface area contributed by atoms with Crippen molar-refractivity contribution in [2.75, 3.05) is 44.5 Å². The highest BCUT2D eigenvalue weighted by molar-refractivity contribution is 5.91. The molecule has 9 heteroatoms. The van der Waals surface area contributed by atoms with Crippen LogP contribution in [-0.4, -0.2) is 49.7 Å². The lowest BCUT2D eigenvalue weighted by Crippen LogP contribution is -2.38. The zero-order valence-corrected chi connectivity index (χ0v) is 19.8. The lowest BCUT2D eigenvalue weighted by Gasteiger charge is -2.32. The van der Waals surface area contributed by atoms with E-state index in [1.165, 1.54) is 0 Å². The van der Waals surface area contributed by atoms with Gasteiger partial charge in [0.15, 0.2) is 11.5 Å². The van der Waals surface area contributed by atoms with Gasteiger partial charge in [-0.25, -0.2) is 4.98 Å². The fraction of sp³-hybridized carbons (Fsp3) is 0.591.